The van der Waals surface area contributed by atoms with Gasteiger partial charge in [0.25, 0.3) is 0 Å². The van der Waals surface area contributed by atoms with Crippen LogP contribution in [0.3, 0.4) is 0 Å². The topological polar surface area (TPSA) is 24.5 Å². The molecule has 0 spiro atoms. The summed E-state index contributed by atoms with van der Waals surface area (Å²) in [7, 11) is 0. The van der Waals surface area contributed by atoms with Crippen molar-refractivity contribution in [3.05, 3.63) is 60.2 Å². The van der Waals surface area contributed by atoms with Crippen molar-refractivity contribution in [2.75, 3.05) is 11.9 Å². The van der Waals surface area contributed by atoms with E-state index in [2.05, 4.69) is 34.0 Å². The molecule has 134 valence electrons. The molecule has 0 amide bonds. The average molecular weight is 350 g/mol. The van der Waals surface area contributed by atoms with E-state index in [0.717, 1.165) is 19.5 Å². The fraction of sp³-hybridized carbons (Fsp3) is 0.368. The molecule has 1 fully saturated rings. The molecule has 3 rings (SSSR count). The highest BCUT2D eigenvalue weighted by molar-refractivity contribution is 5.57. The molecule has 1 heterocycles. The molecule has 0 bridgehead atoms. The van der Waals surface area contributed by atoms with Crippen LogP contribution in [0.5, 0.6) is 5.75 Å². The number of hydrogen-bond acceptors (Lipinski definition) is 3. The number of ether oxygens (including phenoxy) is 1. The summed E-state index contributed by atoms with van der Waals surface area (Å²) in [6.45, 7) is 3.75. The van der Waals surface area contributed by atoms with Crippen LogP contribution in [0.25, 0.3) is 0 Å². The zero-order chi connectivity index (χ0) is 17.9. The lowest BCUT2D eigenvalue weighted by Crippen LogP contribution is -2.28. The first-order valence-electron chi connectivity index (χ1n) is 8.30. The smallest absolute Gasteiger partial charge is 0.404 e. The van der Waals surface area contributed by atoms with Crippen LogP contribution in [0.2, 0.25) is 0 Å². The van der Waals surface area contributed by atoms with E-state index in [0.29, 0.717) is 11.7 Å². The number of halogens is 3. The van der Waals surface area contributed by atoms with E-state index < -0.39 is 6.36 Å². The lowest BCUT2D eigenvalue weighted by molar-refractivity contribution is -0.274. The molecule has 6 heteroatoms. The summed E-state index contributed by atoms with van der Waals surface area (Å²) >= 11 is 0. The number of anilines is 1. The van der Waals surface area contributed by atoms with Crippen molar-refractivity contribution in [1.82, 2.24) is 4.90 Å². The molecule has 0 aliphatic carbocycles. The van der Waals surface area contributed by atoms with Crippen molar-refractivity contribution in [2.45, 2.75) is 38.3 Å². The fourth-order valence-electron chi connectivity index (χ4n) is 3.26. The summed E-state index contributed by atoms with van der Waals surface area (Å²) in [5, 5.41) is 3.21. The first-order valence-corrected chi connectivity index (χ1v) is 8.30. The zero-order valence-electron chi connectivity index (χ0n) is 14.0. The standard InChI is InChI=1S/C19H21F3N2O/c1-14-11-16(13-24(14)12-15-7-3-2-4-8-15)23-17-9-5-6-10-18(17)25-19(20,21)22/h2-10,14,16,23H,11-13H2,1H3. The number of benzene rings is 2. The third kappa shape index (κ3) is 4.89. The van der Waals surface area contributed by atoms with Crippen LogP contribution in [-0.2, 0) is 6.54 Å². The lowest BCUT2D eigenvalue weighted by atomic mass is 10.1. The predicted molar refractivity (Wildman–Crippen MR) is 91.5 cm³/mol. The Morgan fingerprint density at radius 2 is 1.76 bits per heavy atom. The Labute approximate surface area is 145 Å². The Bertz CT molecular complexity index is 691. The number of hydrogen-bond donors (Lipinski definition) is 1. The molecule has 1 N–H and O–H groups in total. The number of nitrogens with zero attached hydrogens (tertiary/aromatic N) is 1. The third-order valence-electron chi connectivity index (χ3n) is 4.40. The average Bonchev–Trinajstić information content (AvgIpc) is 2.88. The molecule has 2 atom stereocenters. The maximum Gasteiger partial charge on any atom is 0.573 e. The Morgan fingerprint density at radius 1 is 1.08 bits per heavy atom. The summed E-state index contributed by atoms with van der Waals surface area (Å²) in [5.74, 6) is -0.191. The van der Waals surface area contributed by atoms with Gasteiger partial charge < -0.3 is 10.1 Å². The van der Waals surface area contributed by atoms with Crippen LogP contribution in [0.4, 0.5) is 18.9 Å². The minimum absolute atomic E-state index is 0.0803. The van der Waals surface area contributed by atoms with Crippen molar-refractivity contribution in [3.63, 3.8) is 0 Å². The maximum absolute atomic E-state index is 12.5. The molecule has 25 heavy (non-hydrogen) atoms. The molecule has 2 aromatic carbocycles. The first-order chi connectivity index (χ1) is 11.9. The van der Waals surface area contributed by atoms with Crippen molar-refractivity contribution >= 4 is 5.69 Å². The Balaban J connectivity index is 1.65. The SMILES string of the molecule is CC1CC(Nc2ccccc2OC(F)(F)F)CN1Cc1ccccc1. The molecule has 2 aromatic rings. The summed E-state index contributed by atoms with van der Waals surface area (Å²) in [4.78, 5) is 2.33. The Morgan fingerprint density at radius 3 is 2.48 bits per heavy atom. The highest BCUT2D eigenvalue weighted by Gasteiger charge is 2.33. The second-order valence-corrected chi connectivity index (χ2v) is 6.38. The highest BCUT2D eigenvalue weighted by Crippen LogP contribution is 2.32. The van der Waals surface area contributed by atoms with Crippen LogP contribution < -0.4 is 10.1 Å². The monoisotopic (exact) mass is 350 g/mol. The first kappa shape index (κ1) is 17.6. The van der Waals surface area contributed by atoms with Gasteiger partial charge in [-0.25, -0.2) is 0 Å². The van der Waals surface area contributed by atoms with Crippen molar-refractivity contribution in [2.24, 2.45) is 0 Å². The fourth-order valence-corrected chi connectivity index (χ4v) is 3.26. The van der Waals surface area contributed by atoms with Crippen molar-refractivity contribution in [3.8, 4) is 5.75 Å². The van der Waals surface area contributed by atoms with Crippen LogP contribution >= 0.6 is 0 Å². The Hall–Kier alpha value is -2.21. The molecule has 3 nitrogen and oxygen atoms in total. The molecule has 1 aliphatic rings. The highest BCUT2D eigenvalue weighted by atomic mass is 19.4. The molecule has 0 aromatic heterocycles. The van der Waals surface area contributed by atoms with Gasteiger partial charge >= 0.3 is 6.36 Å². The minimum Gasteiger partial charge on any atom is -0.404 e. The van der Waals surface area contributed by atoms with Crippen LogP contribution in [0.1, 0.15) is 18.9 Å². The van der Waals surface area contributed by atoms with E-state index in [9.17, 15) is 13.2 Å². The lowest BCUT2D eigenvalue weighted by Gasteiger charge is -2.21. The van der Waals surface area contributed by atoms with Crippen molar-refractivity contribution < 1.29 is 17.9 Å². The largest absolute Gasteiger partial charge is 0.573 e. The number of likely N-dealkylation sites (tertiary alicyclic amines) is 1. The number of para-hydroxylation sites is 2. The van der Waals surface area contributed by atoms with Crippen LogP contribution in [0.15, 0.2) is 54.6 Å². The van der Waals surface area contributed by atoms with Gasteiger partial charge in [0.05, 0.1) is 5.69 Å². The van der Waals surface area contributed by atoms with Crippen molar-refractivity contribution in [1.29, 1.82) is 0 Å². The molecule has 1 aliphatic heterocycles. The molecule has 0 radical (unpaired) electrons. The van der Waals surface area contributed by atoms with E-state index in [4.69, 9.17) is 0 Å². The summed E-state index contributed by atoms with van der Waals surface area (Å²) < 4.78 is 41.7. The van der Waals surface area contributed by atoms with Gasteiger partial charge in [-0.2, -0.15) is 0 Å². The molecule has 1 saturated heterocycles. The van der Waals surface area contributed by atoms with Gasteiger partial charge in [0.15, 0.2) is 5.75 Å². The van der Waals surface area contributed by atoms with E-state index in [-0.39, 0.29) is 11.8 Å². The second kappa shape index (κ2) is 7.35. The van der Waals surface area contributed by atoms with Crippen LogP contribution in [0, 0.1) is 0 Å². The summed E-state index contributed by atoms with van der Waals surface area (Å²) in [6.07, 6.45) is -3.83. The van der Waals surface area contributed by atoms with Gasteiger partial charge in [-0.3, -0.25) is 4.90 Å². The van der Waals surface area contributed by atoms with Gasteiger partial charge in [-0.1, -0.05) is 42.5 Å². The number of rotatable bonds is 5. The predicted octanol–water partition coefficient (Wildman–Crippen LogP) is 4.66. The van der Waals surface area contributed by atoms with E-state index in [1.807, 2.05) is 18.2 Å². The molecular weight excluding hydrogens is 329 g/mol. The van der Waals surface area contributed by atoms with Gasteiger partial charge in [-0.15, -0.1) is 13.2 Å². The van der Waals surface area contributed by atoms with Crippen LogP contribution in [-0.4, -0.2) is 29.9 Å². The number of nitrogens with one attached hydrogen (secondary N) is 1. The summed E-state index contributed by atoms with van der Waals surface area (Å²) in [5.41, 5.74) is 1.61. The van der Waals surface area contributed by atoms with Gasteiger partial charge in [-0.05, 0) is 31.0 Å². The molecule has 2 unspecified atom stereocenters. The summed E-state index contributed by atoms with van der Waals surface area (Å²) in [6, 6.07) is 16.8. The second-order valence-electron chi connectivity index (χ2n) is 6.38. The van der Waals surface area contributed by atoms with Gasteiger partial charge in [0.2, 0.25) is 0 Å². The van der Waals surface area contributed by atoms with E-state index in [1.165, 1.54) is 17.7 Å². The van der Waals surface area contributed by atoms with Gasteiger partial charge in [0, 0.05) is 25.2 Å². The third-order valence-corrected chi connectivity index (χ3v) is 4.40. The minimum atomic E-state index is -4.69. The molecular formula is C19H21F3N2O. The van der Waals surface area contributed by atoms with E-state index in [1.54, 1.807) is 12.1 Å². The molecule has 0 saturated carbocycles. The normalized spacial score (nSPS) is 21.3. The quantitative estimate of drug-likeness (QED) is 0.849. The zero-order valence-corrected chi connectivity index (χ0v) is 14.0. The maximum atomic E-state index is 12.5. The Kier molecular flexibility index (Phi) is 5.18. The van der Waals surface area contributed by atoms with Gasteiger partial charge in [0.1, 0.15) is 0 Å². The number of alkyl halides is 3. The van der Waals surface area contributed by atoms with E-state index >= 15 is 0 Å².